The third-order valence-corrected chi connectivity index (χ3v) is 2.30. The van der Waals surface area contributed by atoms with Gasteiger partial charge in [-0.15, -0.1) is 12.4 Å². The quantitative estimate of drug-likeness (QED) is 0.756. The maximum absolute atomic E-state index is 5.60. The molecule has 0 atom stereocenters. The molecular formula is C8H14ClN3. The average molecular weight is 188 g/mol. The van der Waals surface area contributed by atoms with E-state index in [-0.39, 0.29) is 12.4 Å². The van der Waals surface area contributed by atoms with Crippen molar-refractivity contribution in [3.8, 4) is 0 Å². The first-order chi connectivity index (χ1) is 5.33. The Morgan fingerprint density at radius 1 is 1.67 bits per heavy atom. The molecule has 1 aliphatic carbocycles. The second-order valence-corrected chi connectivity index (χ2v) is 3.15. The van der Waals surface area contributed by atoms with Crippen molar-refractivity contribution in [2.24, 2.45) is 12.8 Å². The fourth-order valence-corrected chi connectivity index (χ4v) is 1.47. The maximum atomic E-state index is 5.60. The number of hydrogen-bond acceptors (Lipinski definition) is 2. The zero-order valence-electron chi connectivity index (χ0n) is 7.16. The molecule has 0 aromatic carbocycles. The Morgan fingerprint density at radius 2 is 2.33 bits per heavy atom. The standard InChI is InChI=1S/C8H13N3.ClH/c1-11-8(4-9)7(5-10-11)6-2-3-6;/h5-6H,2-4,9H2,1H3;1H. The summed E-state index contributed by atoms with van der Waals surface area (Å²) < 4.78 is 1.88. The first-order valence-corrected chi connectivity index (χ1v) is 4.03. The summed E-state index contributed by atoms with van der Waals surface area (Å²) in [6.07, 6.45) is 4.59. The van der Waals surface area contributed by atoms with E-state index < -0.39 is 0 Å². The summed E-state index contributed by atoms with van der Waals surface area (Å²) in [6.45, 7) is 0.613. The number of hydrogen-bond donors (Lipinski definition) is 1. The molecule has 2 rings (SSSR count). The van der Waals surface area contributed by atoms with Crippen molar-refractivity contribution in [3.63, 3.8) is 0 Å². The summed E-state index contributed by atoms with van der Waals surface area (Å²) in [4.78, 5) is 0. The van der Waals surface area contributed by atoms with Crippen LogP contribution in [0.1, 0.15) is 30.0 Å². The minimum absolute atomic E-state index is 0. The molecule has 0 saturated heterocycles. The van der Waals surface area contributed by atoms with E-state index in [0.717, 1.165) is 5.92 Å². The van der Waals surface area contributed by atoms with Gasteiger partial charge in [0, 0.05) is 13.6 Å². The van der Waals surface area contributed by atoms with Gasteiger partial charge in [-0.05, 0) is 24.3 Å². The molecule has 0 bridgehead atoms. The van der Waals surface area contributed by atoms with E-state index in [4.69, 9.17) is 5.73 Å². The van der Waals surface area contributed by atoms with Crippen molar-refractivity contribution in [2.45, 2.75) is 25.3 Å². The van der Waals surface area contributed by atoms with E-state index in [1.165, 1.54) is 24.1 Å². The van der Waals surface area contributed by atoms with Crippen LogP contribution in [0.25, 0.3) is 0 Å². The molecule has 3 nitrogen and oxygen atoms in total. The summed E-state index contributed by atoms with van der Waals surface area (Å²) in [7, 11) is 1.95. The van der Waals surface area contributed by atoms with Crippen molar-refractivity contribution >= 4 is 12.4 Å². The third kappa shape index (κ3) is 1.47. The predicted molar refractivity (Wildman–Crippen MR) is 50.3 cm³/mol. The maximum Gasteiger partial charge on any atom is 0.0551 e. The Balaban J connectivity index is 0.000000720. The largest absolute Gasteiger partial charge is 0.325 e. The number of halogens is 1. The molecule has 1 fully saturated rings. The topological polar surface area (TPSA) is 43.8 Å². The molecule has 2 N–H and O–H groups in total. The van der Waals surface area contributed by atoms with Crippen LogP contribution in [0.4, 0.5) is 0 Å². The number of nitrogens with zero attached hydrogens (tertiary/aromatic N) is 2. The smallest absolute Gasteiger partial charge is 0.0551 e. The van der Waals surface area contributed by atoms with Gasteiger partial charge in [0.2, 0.25) is 0 Å². The van der Waals surface area contributed by atoms with Crippen LogP contribution >= 0.6 is 12.4 Å². The molecule has 1 saturated carbocycles. The number of aromatic nitrogens is 2. The summed E-state index contributed by atoms with van der Waals surface area (Å²) >= 11 is 0. The summed E-state index contributed by atoms with van der Waals surface area (Å²) in [6, 6.07) is 0. The molecule has 0 spiro atoms. The van der Waals surface area contributed by atoms with Crippen molar-refractivity contribution in [2.75, 3.05) is 0 Å². The zero-order chi connectivity index (χ0) is 7.84. The van der Waals surface area contributed by atoms with Crippen LogP contribution in [-0.4, -0.2) is 9.78 Å². The first kappa shape index (κ1) is 9.55. The fraction of sp³-hybridized carbons (Fsp3) is 0.625. The lowest BCUT2D eigenvalue weighted by molar-refractivity contribution is 0.708. The molecule has 4 heteroatoms. The van der Waals surface area contributed by atoms with Gasteiger partial charge in [0.1, 0.15) is 0 Å². The molecule has 0 unspecified atom stereocenters. The average Bonchev–Trinajstić information content (AvgIpc) is 2.76. The van der Waals surface area contributed by atoms with Crippen molar-refractivity contribution in [1.82, 2.24) is 9.78 Å². The second-order valence-electron chi connectivity index (χ2n) is 3.15. The highest BCUT2D eigenvalue weighted by Gasteiger charge is 2.27. The monoisotopic (exact) mass is 187 g/mol. The Hall–Kier alpha value is -0.540. The van der Waals surface area contributed by atoms with Crippen LogP contribution < -0.4 is 5.73 Å². The van der Waals surface area contributed by atoms with E-state index in [2.05, 4.69) is 5.10 Å². The third-order valence-electron chi connectivity index (χ3n) is 2.30. The van der Waals surface area contributed by atoms with Gasteiger partial charge in [-0.1, -0.05) is 0 Å². The normalized spacial score (nSPS) is 15.8. The van der Waals surface area contributed by atoms with Crippen LogP contribution in [0, 0.1) is 0 Å². The molecule has 0 amide bonds. The van der Waals surface area contributed by atoms with E-state index in [0.29, 0.717) is 6.54 Å². The number of nitrogens with two attached hydrogens (primary N) is 1. The second kappa shape index (κ2) is 3.46. The number of rotatable bonds is 2. The first-order valence-electron chi connectivity index (χ1n) is 4.03. The van der Waals surface area contributed by atoms with E-state index in [9.17, 15) is 0 Å². The summed E-state index contributed by atoms with van der Waals surface area (Å²) in [5.74, 6) is 0.766. The van der Waals surface area contributed by atoms with Gasteiger partial charge in [-0.3, -0.25) is 4.68 Å². The molecule has 0 aliphatic heterocycles. The van der Waals surface area contributed by atoms with Crippen molar-refractivity contribution in [1.29, 1.82) is 0 Å². The van der Waals surface area contributed by atoms with Gasteiger partial charge < -0.3 is 5.73 Å². The van der Waals surface area contributed by atoms with Gasteiger partial charge in [0.25, 0.3) is 0 Å². The fourth-order valence-electron chi connectivity index (χ4n) is 1.47. The highest BCUT2D eigenvalue weighted by molar-refractivity contribution is 5.85. The molecule has 1 aliphatic rings. The molecule has 12 heavy (non-hydrogen) atoms. The highest BCUT2D eigenvalue weighted by atomic mass is 35.5. The Bertz CT molecular complexity index is 265. The van der Waals surface area contributed by atoms with E-state index in [1.807, 2.05) is 17.9 Å². The Morgan fingerprint density at radius 3 is 2.83 bits per heavy atom. The minimum Gasteiger partial charge on any atom is -0.325 e. The predicted octanol–water partition coefficient (Wildman–Crippen LogP) is 1.18. The molecule has 1 heterocycles. The Labute approximate surface area is 78.4 Å². The summed E-state index contributed by atoms with van der Waals surface area (Å²) in [5.41, 5.74) is 8.17. The van der Waals surface area contributed by atoms with Crippen LogP contribution in [0.2, 0.25) is 0 Å². The van der Waals surface area contributed by atoms with E-state index in [1.54, 1.807) is 0 Å². The van der Waals surface area contributed by atoms with Crippen LogP contribution in [0.5, 0.6) is 0 Å². The number of aryl methyl sites for hydroxylation is 1. The molecule has 68 valence electrons. The van der Waals surface area contributed by atoms with Gasteiger partial charge in [0.05, 0.1) is 11.9 Å². The molecule has 1 aromatic heterocycles. The molecular weight excluding hydrogens is 174 g/mol. The lowest BCUT2D eigenvalue weighted by Gasteiger charge is -1.99. The van der Waals surface area contributed by atoms with Gasteiger partial charge in [0.15, 0.2) is 0 Å². The van der Waals surface area contributed by atoms with Crippen LogP contribution in [-0.2, 0) is 13.6 Å². The SMILES string of the molecule is Cl.Cn1ncc(C2CC2)c1CN. The van der Waals surface area contributed by atoms with Crippen LogP contribution in [0.3, 0.4) is 0 Å². The molecule has 1 aromatic rings. The van der Waals surface area contributed by atoms with Gasteiger partial charge >= 0.3 is 0 Å². The minimum atomic E-state index is 0. The summed E-state index contributed by atoms with van der Waals surface area (Å²) in [5, 5.41) is 4.19. The van der Waals surface area contributed by atoms with Crippen molar-refractivity contribution in [3.05, 3.63) is 17.5 Å². The van der Waals surface area contributed by atoms with E-state index >= 15 is 0 Å². The zero-order valence-corrected chi connectivity index (χ0v) is 7.97. The van der Waals surface area contributed by atoms with Gasteiger partial charge in [-0.25, -0.2) is 0 Å². The highest BCUT2D eigenvalue weighted by Crippen LogP contribution is 2.41. The van der Waals surface area contributed by atoms with Crippen molar-refractivity contribution < 1.29 is 0 Å². The van der Waals surface area contributed by atoms with Gasteiger partial charge in [-0.2, -0.15) is 5.10 Å². The molecule has 0 radical (unpaired) electrons. The Kier molecular flexibility index (Phi) is 2.75. The van der Waals surface area contributed by atoms with Crippen LogP contribution in [0.15, 0.2) is 6.20 Å². The lowest BCUT2D eigenvalue weighted by Crippen LogP contribution is -2.06. The lowest BCUT2D eigenvalue weighted by atomic mass is 10.1.